The van der Waals surface area contributed by atoms with E-state index in [1.165, 1.54) is 11.8 Å². The largest absolute Gasteiger partial charge is 0.457 e. The molecule has 0 bridgehead atoms. The number of aromatic nitrogens is 2. The summed E-state index contributed by atoms with van der Waals surface area (Å²) in [6.45, 7) is 7.06. The second-order valence-electron chi connectivity index (χ2n) is 15.7. The maximum absolute atomic E-state index is 14.5. The standard InChI is InChI=1S/C42H47N5O6/c1-4-43-39(51)46-29-13-15-30(16-14-29)47-33-21-28-12-17-31-32-18-19-42(53-37(49)35-11-8-20-52-35,38(50)44-24-26-9-6-5-7-10-26)41(32,3)23-34(48)36(31)40(28,2)22-27(33)25-45-47/h5-11,13-16,20-21,25,31-32,34,36,48H,4,12,17-19,22-24H2,1-3H3,(H,44,50)(H2,43,46,51)/t31?,32?,34?,36?,40?,41?,42-/m0/s1. The van der Waals surface area contributed by atoms with E-state index in [1.807, 2.05) is 72.4 Å². The lowest BCUT2D eigenvalue weighted by Gasteiger charge is -2.60. The molecule has 4 aliphatic rings. The van der Waals surface area contributed by atoms with Gasteiger partial charge in [0.2, 0.25) is 5.76 Å². The SMILES string of the molecule is CCNC(=O)Nc1ccc(-n2ncc3c2C=C2CCC4C(C(O)CC5(C)C4CC[C@]5(OC(=O)c4ccco4)C(=O)NCc4ccccc4)C2(C)C3)cc1. The van der Waals surface area contributed by atoms with Gasteiger partial charge in [0, 0.05) is 24.2 Å². The van der Waals surface area contributed by atoms with E-state index < -0.39 is 23.1 Å². The molecule has 11 nitrogen and oxygen atoms in total. The molecular formula is C42H47N5O6. The lowest BCUT2D eigenvalue weighted by Crippen LogP contribution is -2.64. The molecule has 3 saturated carbocycles. The number of hydrogen-bond donors (Lipinski definition) is 4. The van der Waals surface area contributed by atoms with Crippen LogP contribution in [0.15, 0.2) is 89.2 Å². The zero-order valence-electron chi connectivity index (χ0n) is 30.4. The van der Waals surface area contributed by atoms with Crippen LogP contribution in [0.5, 0.6) is 0 Å². The molecule has 0 spiro atoms. The van der Waals surface area contributed by atoms with Gasteiger partial charge in [0.15, 0.2) is 5.60 Å². The Kier molecular flexibility index (Phi) is 8.80. The van der Waals surface area contributed by atoms with Crippen LogP contribution >= 0.6 is 0 Å². The number of anilines is 1. The van der Waals surface area contributed by atoms with E-state index in [0.717, 1.165) is 41.8 Å². The number of carbonyl (C=O) groups excluding carboxylic acids is 3. The molecule has 4 N–H and O–H groups in total. The van der Waals surface area contributed by atoms with Gasteiger partial charge in [-0.25, -0.2) is 14.3 Å². The summed E-state index contributed by atoms with van der Waals surface area (Å²) in [5.41, 5.74) is 3.40. The van der Waals surface area contributed by atoms with Crippen LogP contribution in [0.2, 0.25) is 0 Å². The van der Waals surface area contributed by atoms with E-state index in [0.29, 0.717) is 38.0 Å². The number of carbonyl (C=O) groups is 3. The predicted molar refractivity (Wildman–Crippen MR) is 199 cm³/mol. The maximum Gasteiger partial charge on any atom is 0.375 e. The first-order valence-electron chi connectivity index (χ1n) is 18.8. The van der Waals surface area contributed by atoms with Crippen LogP contribution in [0, 0.1) is 28.6 Å². The van der Waals surface area contributed by atoms with Gasteiger partial charge in [-0.2, -0.15) is 5.10 Å². The number of amides is 3. The average Bonchev–Trinajstić information content (AvgIpc) is 3.89. The van der Waals surface area contributed by atoms with Crippen LogP contribution in [-0.2, 0) is 22.5 Å². The van der Waals surface area contributed by atoms with Crippen molar-refractivity contribution in [2.45, 2.75) is 77.5 Å². The molecule has 0 saturated heterocycles. The van der Waals surface area contributed by atoms with Crippen LogP contribution in [-0.4, -0.2) is 51.0 Å². The van der Waals surface area contributed by atoms with Crippen molar-refractivity contribution in [2.75, 3.05) is 11.9 Å². The number of allylic oxidation sites excluding steroid dienone is 1. The third-order valence-corrected chi connectivity index (χ3v) is 12.9. The summed E-state index contributed by atoms with van der Waals surface area (Å²) in [7, 11) is 0. The minimum Gasteiger partial charge on any atom is -0.457 e. The maximum atomic E-state index is 14.5. The molecule has 2 aromatic heterocycles. The van der Waals surface area contributed by atoms with Crippen molar-refractivity contribution >= 4 is 29.7 Å². The molecule has 3 fully saturated rings. The van der Waals surface area contributed by atoms with Crippen LogP contribution in [0.3, 0.4) is 0 Å². The minimum absolute atomic E-state index is 0.0411. The predicted octanol–water partition coefficient (Wildman–Crippen LogP) is 6.67. The number of fused-ring (bicyclic) bond motifs is 6. The highest BCUT2D eigenvalue weighted by Gasteiger charge is 2.71. The number of esters is 1. The number of aliphatic hydroxyl groups is 1. The van der Waals surface area contributed by atoms with Gasteiger partial charge in [0.05, 0.1) is 29.9 Å². The highest BCUT2D eigenvalue weighted by Crippen LogP contribution is 2.68. The minimum atomic E-state index is -1.48. The first-order valence-corrected chi connectivity index (χ1v) is 18.8. The highest BCUT2D eigenvalue weighted by molar-refractivity contribution is 5.93. The zero-order chi connectivity index (χ0) is 37.0. The first kappa shape index (κ1) is 34.9. The second kappa shape index (κ2) is 13.4. The Morgan fingerprint density at radius 1 is 1.02 bits per heavy atom. The lowest BCUT2D eigenvalue weighted by molar-refractivity contribution is -0.182. The van der Waals surface area contributed by atoms with E-state index in [2.05, 4.69) is 35.9 Å². The number of hydrogen-bond acceptors (Lipinski definition) is 7. The van der Waals surface area contributed by atoms with E-state index >= 15 is 0 Å². The zero-order valence-corrected chi connectivity index (χ0v) is 30.4. The fourth-order valence-corrected chi connectivity index (χ4v) is 10.5. The summed E-state index contributed by atoms with van der Waals surface area (Å²) < 4.78 is 13.7. The molecule has 0 radical (unpaired) electrons. The molecule has 4 aliphatic carbocycles. The number of furan rings is 1. The molecule has 7 atom stereocenters. The average molecular weight is 718 g/mol. The number of rotatable bonds is 8. The number of benzene rings is 2. The summed E-state index contributed by atoms with van der Waals surface area (Å²) in [6.07, 6.45) is 8.76. The van der Waals surface area contributed by atoms with Crippen molar-refractivity contribution in [1.82, 2.24) is 20.4 Å². The quantitative estimate of drug-likeness (QED) is 0.149. The molecule has 6 unspecified atom stereocenters. The van der Waals surface area contributed by atoms with Gasteiger partial charge in [-0.05, 0) is 122 Å². The number of aliphatic hydroxyl groups excluding tert-OH is 1. The number of nitrogens with zero attached hydrogens (tertiary/aromatic N) is 2. The Hall–Kier alpha value is -5.16. The van der Waals surface area contributed by atoms with Crippen molar-refractivity contribution in [3.63, 3.8) is 0 Å². The van der Waals surface area contributed by atoms with Crippen molar-refractivity contribution in [2.24, 2.45) is 28.6 Å². The van der Waals surface area contributed by atoms with Crippen molar-refractivity contribution < 1.29 is 28.6 Å². The van der Waals surface area contributed by atoms with E-state index in [-0.39, 0.29) is 40.9 Å². The number of urea groups is 1. The Morgan fingerprint density at radius 2 is 1.81 bits per heavy atom. The molecule has 2 heterocycles. The van der Waals surface area contributed by atoms with Gasteiger partial charge in [0.25, 0.3) is 5.91 Å². The summed E-state index contributed by atoms with van der Waals surface area (Å²) >= 11 is 0. The molecule has 4 aromatic rings. The summed E-state index contributed by atoms with van der Waals surface area (Å²) in [6, 6.07) is 20.3. The van der Waals surface area contributed by atoms with Gasteiger partial charge in [-0.15, -0.1) is 0 Å². The normalized spacial score (nSPS) is 29.8. The first-order chi connectivity index (χ1) is 25.6. The molecule has 53 heavy (non-hydrogen) atoms. The monoisotopic (exact) mass is 717 g/mol. The molecule has 276 valence electrons. The highest BCUT2D eigenvalue weighted by atomic mass is 16.6. The van der Waals surface area contributed by atoms with Crippen molar-refractivity contribution in [3.8, 4) is 5.69 Å². The van der Waals surface area contributed by atoms with Crippen molar-refractivity contribution in [1.29, 1.82) is 0 Å². The second-order valence-corrected chi connectivity index (χ2v) is 15.7. The Morgan fingerprint density at radius 3 is 2.55 bits per heavy atom. The molecule has 11 heteroatoms. The fourth-order valence-electron chi connectivity index (χ4n) is 10.5. The molecule has 0 aliphatic heterocycles. The summed E-state index contributed by atoms with van der Waals surface area (Å²) in [5, 5.41) is 25.8. The van der Waals surface area contributed by atoms with E-state index in [4.69, 9.17) is 14.3 Å². The Balaban J connectivity index is 1.07. The van der Waals surface area contributed by atoms with Gasteiger partial charge < -0.3 is 30.2 Å². The van der Waals surface area contributed by atoms with Crippen LogP contribution in [0.25, 0.3) is 11.8 Å². The van der Waals surface area contributed by atoms with Crippen LogP contribution in [0.4, 0.5) is 10.5 Å². The fraction of sp³-hybridized carbons (Fsp3) is 0.429. The number of nitrogens with one attached hydrogen (secondary N) is 3. The smallest absolute Gasteiger partial charge is 0.375 e. The Labute approximate surface area is 309 Å². The third kappa shape index (κ3) is 5.76. The third-order valence-electron chi connectivity index (χ3n) is 12.9. The van der Waals surface area contributed by atoms with Gasteiger partial charge in [-0.3, -0.25) is 4.79 Å². The molecule has 8 rings (SSSR count). The topological polar surface area (TPSA) is 148 Å². The van der Waals surface area contributed by atoms with E-state index in [1.54, 1.807) is 12.1 Å². The molecular weight excluding hydrogens is 670 g/mol. The summed E-state index contributed by atoms with van der Waals surface area (Å²) in [4.78, 5) is 40.0. The van der Waals surface area contributed by atoms with Gasteiger partial charge >= 0.3 is 12.0 Å². The lowest BCUT2D eigenvalue weighted by atomic mass is 9.45. The van der Waals surface area contributed by atoms with Crippen LogP contribution in [0.1, 0.15) is 80.3 Å². The van der Waals surface area contributed by atoms with Gasteiger partial charge in [-0.1, -0.05) is 49.8 Å². The molecule has 2 aromatic carbocycles. The summed E-state index contributed by atoms with van der Waals surface area (Å²) in [5.74, 6) is -0.820. The van der Waals surface area contributed by atoms with Crippen molar-refractivity contribution in [3.05, 3.63) is 107 Å². The number of ether oxygens (including phenoxy) is 1. The molecule has 3 amide bonds. The Bertz CT molecular complexity index is 2040. The van der Waals surface area contributed by atoms with E-state index in [9.17, 15) is 19.5 Å². The van der Waals surface area contributed by atoms with Crippen LogP contribution < -0.4 is 16.0 Å². The van der Waals surface area contributed by atoms with Gasteiger partial charge in [0.1, 0.15) is 0 Å².